The Labute approximate surface area is 117 Å². The first kappa shape index (κ1) is 14.7. The summed E-state index contributed by atoms with van der Waals surface area (Å²) < 4.78 is 27.2. The molecule has 0 bridgehead atoms. The zero-order valence-electron chi connectivity index (χ0n) is 11.8. The molecule has 0 aliphatic heterocycles. The van der Waals surface area contributed by atoms with E-state index in [0.29, 0.717) is 11.5 Å². The molecule has 0 aromatic heterocycles. The molecule has 0 fully saturated rings. The van der Waals surface area contributed by atoms with Crippen molar-refractivity contribution in [2.45, 2.75) is 32.3 Å². The van der Waals surface area contributed by atoms with Crippen LogP contribution >= 0.6 is 0 Å². The van der Waals surface area contributed by atoms with Gasteiger partial charge in [0.2, 0.25) is 0 Å². The second kappa shape index (κ2) is 5.33. The maximum atomic E-state index is 13.9. The molecule has 1 atom stereocenters. The Morgan fingerprint density at radius 1 is 1.00 bits per heavy atom. The number of benzene rings is 2. The van der Waals surface area contributed by atoms with Crippen LogP contribution in [0.15, 0.2) is 42.5 Å². The monoisotopic (exact) mass is 276 g/mol. The van der Waals surface area contributed by atoms with Gasteiger partial charge < -0.3 is 5.11 Å². The van der Waals surface area contributed by atoms with Gasteiger partial charge in [0, 0.05) is 5.56 Å². The van der Waals surface area contributed by atoms with Crippen molar-refractivity contribution < 1.29 is 13.9 Å². The van der Waals surface area contributed by atoms with Crippen molar-refractivity contribution in [2.75, 3.05) is 0 Å². The van der Waals surface area contributed by atoms with Crippen molar-refractivity contribution in [3.63, 3.8) is 0 Å². The normalized spacial score (nSPS) is 14.3. The molecule has 0 amide bonds. The van der Waals surface area contributed by atoms with Gasteiger partial charge in [-0.15, -0.1) is 0 Å². The lowest BCUT2D eigenvalue weighted by atomic mass is 9.86. The van der Waals surface area contributed by atoms with E-state index in [0.717, 1.165) is 11.6 Å². The van der Waals surface area contributed by atoms with E-state index in [-0.39, 0.29) is 5.56 Å². The van der Waals surface area contributed by atoms with Crippen LogP contribution in [0.4, 0.5) is 8.78 Å². The van der Waals surface area contributed by atoms with E-state index in [1.807, 2.05) is 12.1 Å². The van der Waals surface area contributed by atoms with Gasteiger partial charge in [-0.25, -0.2) is 8.78 Å². The molecule has 3 heteroatoms. The average Bonchev–Trinajstić information content (AvgIpc) is 2.41. The van der Waals surface area contributed by atoms with E-state index in [4.69, 9.17) is 0 Å². The molecule has 20 heavy (non-hydrogen) atoms. The van der Waals surface area contributed by atoms with Gasteiger partial charge in [0.15, 0.2) is 11.6 Å². The van der Waals surface area contributed by atoms with Crippen LogP contribution in [0.3, 0.4) is 0 Å². The average molecular weight is 276 g/mol. The van der Waals surface area contributed by atoms with E-state index in [9.17, 15) is 13.9 Å². The zero-order valence-corrected chi connectivity index (χ0v) is 11.8. The summed E-state index contributed by atoms with van der Waals surface area (Å²) in [4.78, 5) is 0. The van der Waals surface area contributed by atoms with Gasteiger partial charge in [-0.2, -0.15) is 0 Å². The Morgan fingerprint density at radius 2 is 1.60 bits per heavy atom. The number of hydrogen-bond donors (Lipinski definition) is 1. The summed E-state index contributed by atoms with van der Waals surface area (Å²) in [6.07, 6.45) is 0. The van der Waals surface area contributed by atoms with Crippen molar-refractivity contribution in [2.24, 2.45) is 0 Å². The molecule has 0 aliphatic rings. The lowest BCUT2D eigenvalue weighted by Crippen LogP contribution is -2.24. The van der Waals surface area contributed by atoms with Crippen LogP contribution in [0.2, 0.25) is 0 Å². The van der Waals surface area contributed by atoms with Gasteiger partial charge in [0.05, 0.1) is 0 Å². The van der Waals surface area contributed by atoms with Crippen LogP contribution in [-0.4, -0.2) is 5.11 Å². The molecule has 0 radical (unpaired) electrons. The highest BCUT2D eigenvalue weighted by Crippen LogP contribution is 2.32. The molecule has 0 heterocycles. The Kier molecular flexibility index (Phi) is 3.91. The molecule has 1 unspecified atom stereocenters. The molecule has 2 aromatic carbocycles. The second-order valence-electron chi connectivity index (χ2n) is 5.45. The maximum absolute atomic E-state index is 13.9. The van der Waals surface area contributed by atoms with Crippen molar-refractivity contribution in [3.05, 3.63) is 70.8 Å². The number of rotatable bonds is 3. The van der Waals surface area contributed by atoms with Gasteiger partial charge in [-0.1, -0.05) is 50.2 Å². The van der Waals surface area contributed by atoms with Gasteiger partial charge in [-0.3, -0.25) is 0 Å². The Balaban J connectivity index is 2.46. The first-order valence-corrected chi connectivity index (χ1v) is 6.61. The third kappa shape index (κ3) is 2.59. The van der Waals surface area contributed by atoms with E-state index in [1.54, 1.807) is 12.1 Å². The van der Waals surface area contributed by atoms with E-state index < -0.39 is 17.2 Å². The summed E-state index contributed by atoms with van der Waals surface area (Å²) in [7, 11) is 0. The summed E-state index contributed by atoms with van der Waals surface area (Å²) >= 11 is 0. The number of halogens is 2. The molecule has 0 saturated heterocycles. The van der Waals surface area contributed by atoms with Crippen molar-refractivity contribution in [1.29, 1.82) is 0 Å². The smallest absolute Gasteiger partial charge is 0.165 e. The fourth-order valence-electron chi connectivity index (χ4n) is 2.23. The highest BCUT2D eigenvalue weighted by molar-refractivity contribution is 5.38. The largest absolute Gasteiger partial charge is 0.381 e. The van der Waals surface area contributed by atoms with Crippen LogP contribution in [0.5, 0.6) is 0 Å². The number of aliphatic hydroxyl groups is 1. The predicted octanol–water partition coefficient (Wildman–Crippen LogP) is 4.34. The fourth-order valence-corrected chi connectivity index (χ4v) is 2.23. The van der Waals surface area contributed by atoms with E-state index >= 15 is 0 Å². The van der Waals surface area contributed by atoms with Gasteiger partial charge in [-0.05, 0) is 30.0 Å². The molecular formula is C17H18F2O. The lowest BCUT2D eigenvalue weighted by Gasteiger charge is -2.25. The molecule has 0 spiro atoms. The zero-order chi connectivity index (χ0) is 14.9. The topological polar surface area (TPSA) is 20.2 Å². The first-order chi connectivity index (χ1) is 9.34. The minimum atomic E-state index is -1.57. The highest BCUT2D eigenvalue weighted by Gasteiger charge is 2.30. The Bertz CT molecular complexity index is 601. The predicted molar refractivity (Wildman–Crippen MR) is 75.6 cm³/mol. The molecule has 1 nitrogen and oxygen atoms in total. The van der Waals surface area contributed by atoms with Crippen molar-refractivity contribution in [1.82, 2.24) is 0 Å². The Hall–Kier alpha value is -1.74. The lowest BCUT2D eigenvalue weighted by molar-refractivity contribution is 0.0970. The molecule has 2 aromatic rings. The minimum absolute atomic E-state index is 0.0604. The van der Waals surface area contributed by atoms with Crippen molar-refractivity contribution >= 4 is 0 Å². The van der Waals surface area contributed by atoms with Crippen LogP contribution in [0.1, 0.15) is 43.4 Å². The van der Waals surface area contributed by atoms with Crippen LogP contribution in [0, 0.1) is 11.6 Å². The van der Waals surface area contributed by atoms with Gasteiger partial charge in [0.25, 0.3) is 0 Å². The van der Waals surface area contributed by atoms with Crippen LogP contribution in [0.25, 0.3) is 0 Å². The summed E-state index contributed by atoms with van der Waals surface area (Å²) in [6.45, 7) is 5.61. The highest BCUT2D eigenvalue weighted by atomic mass is 19.2. The van der Waals surface area contributed by atoms with Gasteiger partial charge in [0.1, 0.15) is 5.60 Å². The third-order valence-corrected chi connectivity index (χ3v) is 3.62. The summed E-state index contributed by atoms with van der Waals surface area (Å²) in [6, 6.07) is 11.1. The molecule has 0 aliphatic carbocycles. The van der Waals surface area contributed by atoms with Crippen LogP contribution < -0.4 is 0 Å². The number of hydrogen-bond acceptors (Lipinski definition) is 1. The quantitative estimate of drug-likeness (QED) is 0.884. The molecule has 0 saturated carbocycles. The minimum Gasteiger partial charge on any atom is -0.381 e. The Morgan fingerprint density at radius 3 is 2.15 bits per heavy atom. The van der Waals surface area contributed by atoms with E-state index in [2.05, 4.69) is 13.8 Å². The van der Waals surface area contributed by atoms with E-state index in [1.165, 1.54) is 19.1 Å². The molecule has 106 valence electrons. The maximum Gasteiger partial charge on any atom is 0.165 e. The molecule has 2 rings (SSSR count). The first-order valence-electron chi connectivity index (χ1n) is 6.61. The van der Waals surface area contributed by atoms with Crippen LogP contribution in [-0.2, 0) is 5.60 Å². The summed E-state index contributed by atoms with van der Waals surface area (Å²) in [5, 5.41) is 10.6. The standard InChI is InChI=1S/C17H18F2O/c1-11(2)12-7-9-13(10-8-12)17(3,20)14-5-4-6-15(18)16(14)19/h4-11,20H,1-3H3. The summed E-state index contributed by atoms with van der Waals surface area (Å²) in [5.41, 5.74) is 0.0345. The SMILES string of the molecule is CC(C)c1ccc(C(C)(O)c2cccc(F)c2F)cc1. The molecular weight excluding hydrogens is 258 g/mol. The fraction of sp³-hybridized carbons (Fsp3) is 0.294. The third-order valence-electron chi connectivity index (χ3n) is 3.62. The molecule has 1 N–H and O–H groups in total. The summed E-state index contributed by atoms with van der Waals surface area (Å²) in [5.74, 6) is -1.59. The van der Waals surface area contributed by atoms with Crippen molar-refractivity contribution in [3.8, 4) is 0 Å². The second-order valence-corrected chi connectivity index (χ2v) is 5.45. The van der Waals surface area contributed by atoms with Gasteiger partial charge >= 0.3 is 0 Å².